The maximum Gasteiger partial charge on any atom is 0.123 e. The van der Waals surface area contributed by atoms with Crippen LogP contribution in [0.3, 0.4) is 0 Å². The lowest BCUT2D eigenvalue weighted by atomic mass is 10.0. The molecule has 0 radical (unpaired) electrons. The first-order chi connectivity index (χ1) is 4.85. The van der Waals surface area contributed by atoms with Crippen molar-refractivity contribution in [3.63, 3.8) is 0 Å². The second-order valence-electron chi connectivity index (χ2n) is 2.59. The summed E-state index contributed by atoms with van der Waals surface area (Å²) < 4.78 is 0. The lowest BCUT2D eigenvalue weighted by molar-refractivity contribution is -0.111. The van der Waals surface area contributed by atoms with Crippen molar-refractivity contribution < 1.29 is 4.79 Å². The summed E-state index contributed by atoms with van der Waals surface area (Å²) in [6.45, 7) is 2.79. The largest absolute Gasteiger partial charge is 0.330 e. The zero-order valence-electron chi connectivity index (χ0n) is 6.68. The summed E-state index contributed by atoms with van der Waals surface area (Å²) in [5.41, 5.74) is 5.31. The third kappa shape index (κ3) is 4.50. The average molecular weight is 143 g/mol. The molecule has 0 aromatic carbocycles. The van der Waals surface area contributed by atoms with Crippen LogP contribution >= 0.6 is 0 Å². The van der Waals surface area contributed by atoms with Crippen LogP contribution in [0.15, 0.2) is 0 Å². The van der Waals surface area contributed by atoms with E-state index in [0.717, 1.165) is 38.5 Å². The Kier molecular flexibility index (Phi) is 6.50. The standard InChI is InChI=1S/C8H17NO/c1-2-8(7-10)5-3-4-6-9/h7-8H,2-6,9H2,1H3. The van der Waals surface area contributed by atoms with Gasteiger partial charge in [-0.15, -0.1) is 0 Å². The first-order valence-corrected chi connectivity index (χ1v) is 4.00. The first-order valence-electron chi connectivity index (χ1n) is 4.00. The van der Waals surface area contributed by atoms with Crippen LogP contribution in [0.2, 0.25) is 0 Å². The molecule has 0 spiro atoms. The number of aldehydes is 1. The Morgan fingerprint density at radius 3 is 2.60 bits per heavy atom. The molecular formula is C8H17NO. The molecule has 0 heterocycles. The van der Waals surface area contributed by atoms with Crippen molar-refractivity contribution in [3.8, 4) is 0 Å². The minimum absolute atomic E-state index is 0.270. The second-order valence-corrected chi connectivity index (χ2v) is 2.59. The van der Waals surface area contributed by atoms with E-state index in [9.17, 15) is 4.79 Å². The highest BCUT2D eigenvalue weighted by atomic mass is 16.1. The van der Waals surface area contributed by atoms with Gasteiger partial charge in [-0.2, -0.15) is 0 Å². The molecule has 0 aromatic heterocycles. The van der Waals surface area contributed by atoms with Gasteiger partial charge in [0, 0.05) is 5.92 Å². The SMILES string of the molecule is CCC(C=O)CCCCN. The van der Waals surface area contributed by atoms with Gasteiger partial charge in [0.15, 0.2) is 0 Å². The molecule has 10 heavy (non-hydrogen) atoms. The van der Waals surface area contributed by atoms with Gasteiger partial charge in [-0.25, -0.2) is 0 Å². The number of nitrogens with two attached hydrogens (primary N) is 1. The summed E-state index contributed by atoms with van der Waals surface area (Å²) in [7, 11) is 0. The van der Waals surface area contributed by atoms with Crippen molar-refractivity contribution in [2.24, 2.45) is 11.7 Å². The molecule has 0 bridgehead atoms. The minimum Gasteiger partial charge on any atom is -0.330 e. The predicted octanol–water partition coefficient (Wildman–Crippen LogP) is 1.34. The van der Waals surface area contributed by atoms with Gasteiger partial charge < -0.3 is 10.5 Å². The van der Waals surface area contributed by atoms with E-state index in [2.05, 4.69) is 0 Å². The Labute approximate surface area is 62.8 Å². The smallest absolute Gasteiger partial charge is 0.123 e. The van der Waals surface area contributed by atoms with Gasteiger partial charge in [-0.05, 0) is 25.8 Å². The van der Waals surface area contributed by atoms with Crippen LogP contribution in [0.1, 0.15) is 32.6 Å². The number of hydrogen-bond donors (Lipinski definition) is 1. The number of hydrogen-bond acceptors (Lipinski definition) is 2. The fourth-order valence-electron chi connectivity index (χ4n) is 0.919. The Bertz CT molecular complexity index is 83.3. The van der Waals surface area contributed by atoms with E-state index < -0.39 is 0 Å². The van der Waals surface area contributed by atoms with E-state index in [1.54, 1.807) is 0 Å². The van der Waals surface area contributed by atoms with Crippen molar-refractivity contribution in [3.05, 3.63) is 0 Å². The zero-order valence-corrected chi connectivity index (χ0v) is 6.68. The maximum atomic E-state index is 10.3. The number of rotatable bonds is 6. The predicted molar refractivity (Wildman–Crippen MR) is 42.8 cm³/mol. The normalized spacial score (nSPS) is 13.0. The van der Waals surface area contributed by atoms with Crippen LogP contribution < -0.4 is 5.73 Å². The summed E-state index contributed by atoms with van der Waals surface area (Å²) in [6, 6.07) is 0. The van der Waals surface area contributed by atoms with Crippen LogP contribution in [0.5, 0.6) is 0 Å². The van der Waals surface area contributed by atoms with E-state index in [0.29, 0.717) is 0 Å². The molecule has 0 aliphatic carbocycles. The van der Waals surface area contributed by atoms with Gasteiger partial charge in [-0.1, -0.05) is 13.3 Å². The third-order valence-corrected chi connectivity index (χ3v) is 1.75. The van der Waals surface area contributed by atoms with E-state index in [1.807, 2.05) is 6.92 Å². The van der Waals surface area contributed by atoms with Crippen LogP contribution in [0, 0.1) is 5.92 Å². The molecule has 1 atom stereocenters. The molecule has 60 valence electrons. The number of carbonyl (C=O) groups excluding carboxylic acids is 1. The first kappa shape index (κ1) is 9.63. The molecule has 0 aliphatic heterocycles. The van der Waals surface area contributed by atoms with Crippen LogP contribution in [-0.2, 0) is 4.79 Å². The molecule has 0 rings (SSSR count). The van der Waals surface area contributed by atoms with Crippen molar-refractivity contribution in [1.82, 2.24) is 0 Å². The van der Waals surface area contributed by atoms with Crippen molar-refractivity contribution in [2.75, 3.05) is 6.54 Å². The maximum absolute atomic E-state index is 10.3. The van der Waals surface area contributed by atoms with Gasteiger partial charge in [0.25, 0.3) is 0 Å². The highest BCUT2D eigenvalue weighted by Gasteiger charge is 2.01. The van der Waals surface area contributed by atoms with Crippen molar-refractivity contribution in [1.29, 1.82) is 0 Å². The summed E-state index contributed by atoms with van der Waals surface area (Å²) in [5.74, 6) is 0.270. The average Bonchev–Trinajstić information content (AvgIpc) is 1.99. The lowest BCUT2D eigenvalue weighted by Crippen LogP contribution is -2.03. The summed E-state index contributed by atoms with van der Waals surface area (Å²) in [5, 5.41) is 0. The fourth-order valence-corrected chi connectivity index (χ4v) is 0.919. The molecule has 2 nitrogen and oxygen atoms in total. The Hall–Kier alpha value is -0.370. The molecule has 0 saturated carbocycles. The van der Waals surface area contributed by atoms with E-state index in [4.69, 9.17) is 5.73 Å². The summed E-state index contributed by atoms with van der Waals surface area (Å²) in [6.07, 6.45) is 5.17. The van der Waals surface area contributed by atoms with Gasteiger partial charge in [0.2, 0.25) is 0 Å². The molecule has 0 saturated heterocycles. The van der Waals surface area contributed by atoms with E-state index in [1.165, 1.54) is 0 Å². The quantitative estimate of drug-likeness (QED) is 0.450. The second kappa shape index (κ2) is 6.75. The molecule has 0 aliphatic rings. The van der Waals surface area contributed by atoms with Crippen LogP contribution in [-0.4, -0.2) is 12.8 Å². The zero-order chi connectivity index (χ0) is 7.82. The Morgan fingerprint density at radius 2 is 2.20 bits per heavy atom. The van der Waals surface area contributed by atoms with E-state index >= 15 is 0 Å². The lowest BCUT2D eigenvalue weighted by Gasteiger charge is -2.04. The third-order valence-electron chi connectivity index (χ3n) is 1.75. The molecule has 2 N–H and O–H groups in total. The molecular weight excluding hydrogens is 126 g/mol. The van der Waals surface area contributed by atoms with Gasteiger partial charge >= 0.3 is 0 Å². The van der Waals surface area contributed by atoms with Gasteiger partial charge in [-0.3, -0.25) is 0 Å². The summed E-state index contributed by atoms with van der Waals surface area (Å²) in [4.78, 5) is 10.3. The molecule has 1 unspecified atom stereocenters. The van der Waals surface area contributed by atoms with Crippen molar-refractivity contribution in [2.45, 2.75) is 32.6 Å². The Balaban J connectivity index is 3.17. The van der Waals surface area contributed by atoms with Crippen molar-refractivity contribution >= 4 is 6.29 Å². The van der Waals surface area contributed by atoms with Crippen LogP contribution in [0.25, 0.3) is 0 Å². The molecule has 0 fully saturated rings. The van der Waals surface area contributed by atoms with Crippen LogP contribution in [0.4, 0.5) is 0 Å². The number of unbranched alkanes of at least 4 members (excludes halogenated alkanes) is 1. The van der Waals surface area contributed by atoms with Gasteiger partial charge in [0.05, 0.1) is 0 Å². The summed E-state index contributed by atoms with van der Waals surface area (Å²) >= 11 is 0. The fraction of sp³-hybridized carbons (Fsp3) is 0.875. The molecule has 0 aromatic rings. The minimum atomic E-state index is 0.270. The highest BCUT2D eigenvalue weighted by Crippen LogP contribution is 2.08. The Morgan fingerprint density at radius 1 is 1.50 bits per heavy atom. The van der Waals surface area contributed by atoms with E-state index in [-0.39, 0.29) is 5.92 Å². The molecule has 2 heteroatoms. The number of carbonyl (C=O) groups is 1. The van der Waals surface area contributed by atoms with Gasteiger partial charge in [0.1, 0.15) is 6.29 Å². The highest BCUT2D eigenvalue weighted by molar-refractivity contribution is 5.53. The topological polar surface area (TPSA) is 43.1 Å². The monoisotopic (exact) mass is 143 g/mol. The molecule has 0 amide bonds.